The van der Waals surface area contributed by atoms with Crippen LogP contribution in [-0.2, 0) is 0 Å². The summed E-state index contributed by atoms with van der Waals surface area (Å²) in [5.74, 6) is 4.32. The van der Waals surface area contributed by atoms with Crippen LogP contribution in [0.5, 0.6) is 0 Å². The summed E-state index contributed by atoms with van der Waals surface area (Å²) in [6.07, 6.45) is 16.7. The average molecular weight is 442 g/mol. The molecule has 5 rings (SSSR count). The Morgan fingerprint density at radius 1 is 0.844 bits per heavy atom. The smallest absolute Gasteiger partial charge is 0.0630 e. The zero-order valence-corrected chi connectivity index (χ0v) is 22.3. The molecule has 2 nitrogen and oxygen atoms in total. The van der Waals surface area contributed by atoms with Gasteiger partial charge in [0, 0.05) is 5.41 Å². The monoisotopic (exact) mass is 441 g/mol. The molecular formula is C30H51NO. The third kappa shape index (κ3) is 2.73. The third-order valence-corrected chi connectivity index (χ3v) is 13.2. The lowest BCUT2D eigenvalue weighted by atomic mass is 9.42. The van der Waals surface area contributed by atoms with Gasteiger partial charge in [-0.25, -0.2) is 0 Å². The van der Waals surface area contributed by atoms with Crippen molar-refractivity contribution in [1.29, 1.82) is 0 Å². The van der Waals surface area contributed by atoms with Gasteiger partial charge in [-0.2, -0.15) is 0 Å². The van der Waals surface area contributed by atoms with E-state index in [0.29, 0.717) is 21.7 Å². The normalized spacial score (nSPS) is 51.0. The highest BCUT2D eigenvalue weighted by molar-refractivity contribution is 5.90. The fourth-order valence-electron chi connectivity index (χ4n) is 11.4. The van der Waals surface area contributed by atoms with E-state index in [2.05, 4.69) is 53.6 Å². The molecule has 1 N–H and O–H groups in total. The van der Waals surface area contributed by atoms with E-state index in [0.717, 1.165) is 41.7 Å². The fourth-order valence-corrected chi connectivity index (χ4v) is 11.4. The van der Waals surface area contributed by atoms with Gasteiger partial charge in [0.15, 0.2) is 0 Å². The van der Waals surface area contributed by atoms with E-state index in [1.54, 1.807) is 0 Å². The molecule has 0 aliphatic heterocycles. The van der Waals surface area contributed by atoms with Crippen molar-refractivity contribution in [2.45, 2.75) is 126 Å². The number of fused-ring (bicyclic) bond motifs is 2. The Balaban J connectivity index is 1.40. The van der Waals surface area contributed by atoms with E-state index in [9.17, 15) is 5.21 Å². The van der Waals surface area contributed by atoms with Crippen LogP contribution in [0.2, 0.25) is 0 Å². The first-order valence-corrected chi connectivity index (χ1v) is 14.2. The zero-order chi connectivity index (χ0) is 23.2. The predicted octanol–water partition coefficient (Wildman–Crippen LogP) is 8.72. The minimum Gasteiger partial charge on any atom is -0.411 e. The number of nitrogens with zero attached hydrogens (tertiary/aromatic N) is 1. The molecule has 2 heteroatoms. The Labute approximate surface area is 198 Å². The first-order chi connectivity index (χ1) is 15.0. The van der Waals surface area contributed by atoms with E-state index < -0.39 is 0 Å². The summed E-state index contributed by atoms with van der Waals surface area (Å²) in [5, 5.41) is 13.5. The molecule has 182 valence electrons. The van der Waals surface area contributed by atoms with Crippen LogP contribution in [0.25, 0.3) is 0 Å². The molecule has 2 spiro atoms. The van der Waals surface area contributed by atoms with Gasteiger partial charge >= 0.3 is 0 Å². The molecule has 0 heterocycles. The van der Waals surface area contributed by atoms with Crippen molar-refractivity contribution in [3.63, 3.8) is 0 Å². The van der Waals surface area contributed by atoms with Crippen LogP contribution >= 0.6 is 0 Å². The summed E-state index contributed by atoms with van der Waals surface area (Å²) >= 11 is 0. The Kier molecular flexibility index (Phi) is 5.25. The van der Waals surface area contributed by atoms with Gasteiger partial charge < -0.3 is 5.21 Å². The van der Waals surface area contributed by atoms with Crippen molar-refractivity contribution in [2.75, 3.05) is 0 Å². The highest BCUT2D eigenvalue weighted by atomic mass is 16.4. The quantitative estimate of drug-likeness (QED) is 0.336. The lowest BCUT2D eigenvalue weighted by Gasteiger charge is -2.63. The maximum atomic E-state index is 9.70. The van der Waals surface area contributed by atoms with Gasteiger partial charge in [0.1, 0.15) is 0 Å². The lowest BCUT2D eigenvalue weighted by Crippen LogP contribution is -2.57. The Hall–Kier alpha value is -0.530. The van der Waals surface area contributed by atoms with Gasteiger partial charge in [-0.3, -0.25) is 0 Å². The summed E-state index contributed by atoms with van der Waals surface area (Å²) in [7, 11) is 0. The highest BCUT2D eigenvalue weighted by Gasteiger charge is 2.82. The summed E-state index contributed by atoms with van der Waals surface area (Å²) in [5.41, 5.74) is 3.39. The topological polar surface area (TPSA) is 32.6 Å². The van der Waals surface area contributed by atoms with Crippen molar-refractivity contribution < 1.29 is 5.21 Å². The van der Waals surface area contributed by atoms with E-state index >= 15 is 0 Å². The first-order valence-electron chi connectivity index (χ1n) is 14.2. The van der Waals surface area contributed by atoms with Crippen LogP contribution in [0, 0.1) is 56.7 Å². The van der Waals surface area contributed by atoms with E-state index in [4.69, 9.17) is 0 Å². The van der Waals surface area contributed by atoms with Crippen LogP contribution < -0.4 is 0 Å². The molecular weight excluding hydrogens is 390 g/mol. The molecule has 5 aliphatic carbocycles. The second-order valence-electron chi connectivity index (χ2n) is 14.7. The molecule has 8 atom stereocenters. The molecule has 0 bridgehead atoms. The molecule has 0 aromatic heterocycles. The van der Waals surface area contributed by atoms with E-state index in [1.807, 2.05) is 0 Å². The minimum absolute atomic E-state index is 0.0757. The first kappa shape index (κ1) is 23.2. The second kappa shape index (κ2) is 7.24. The summed E-state index contributed by atoms with van der Waals surface area (Å²) < 4.78 is 0. The van der Waals surface area contributed by atoms with Gasteiger partial charge in [-0.05, 0) is 109 Å². The van der Waals surface area contributed by atoms with Crippen LogP contribution in [0.15, 0.2) is 5.16 Å². The van der Waals surface area contributed by atoms with Crippen molar-refractivity contribution >= 4 is 5.71 Å². The molecule has 32 heavy (non-hydrogen) atoms. The van der Waals surface area contributed by atoms with Gasteiger partial charge in [0.25, 0.3) is 0 Å². The number of rotatable bonds is 5. The van der Waals surface area contributed by atoms with E-state index in [1.165, 1.54) is 70.6 Å². The van der Waals surface area contributed by atoms with Crippen LogP contribution in [0.4, 0.5) is 0 Å². The number of hydrogen-bond donors (Lipinski definition) is 1. The lowest BCUT2D eigenvalue weighted by molar-refractivity contribution is -0.132. The molecule has 0 amide bonds. The average Bonchev–Trinajstić information content (AvgIpc) is 3.30. The fraction of sp³-hybridized carbons (Fsp3) is 0.967. The van der Waals surface area contributed by atoms with Gasteiger partial charge in [-0.1, -0.05) is 72.9 Å². The number of hydrogen-bond acceptors (Lipinski definition) is 2. The van der Waals surface area contributed by atoms with Crippen LogP contribution in [0.3, 0.4) is 0 Å². The van der Waals surface area contributed by atoms with Gasteiger partial charge in [0.2, 0.25) is 0 Å². The summed E-state index contributed by atoms with van der Waals surface area (Å²) in [6, 6.07) is 0. The van der Waals surface area contributed by atoms with Gasteiger partial charge in [0.05, 0.1) is 5.71 Å². The molecule has 0 aromatic carbocycles. The molecule has 0 saturated heterocycles. The Morgan fingerprint density at radius 3 is 2.22 bits per heavy atom. The molecule has 5 saturated carbocycles. The Bertz CT molecular complexity index is 784. The molecule has 0 aromatic rings. The molecule has 0 radical (unpaired) electrons. The van der Waals surface area contributed by atoms with Gasteiger partial charge in [-0.15, -0.1) is 0 Å². The van der Waals surface area contributed by atoms with Crippen LogP contribution in [0.1, 0.15) is 126 Å². The molecule has 3 unspecified atom stereocenters. The van der Waals surface area contributed by atoms with Crippen molar-refractivity contribution in [3.05, 3.63) is 0 Å². The minimum atomic E-state index is 0.0757. The highest BCUT2D eigenvalue weighted by Crippen LogP contribution is 2.88. The molecule has 5 fully saturated rings. The molecule has 5 aliphatic rings. The Morgan fingerprint density at radius 2 is 1.53 bits per heavy atom. The summed E-state index contributed by atoms with van der Waals surface area (Å²) in [6.45, 7) is 17.6. The third-order valence-electron chi connectivity index (χ3n) is 13.2. The van der Waals surface area contributed by atoms with Crippen LogP contribution in [-0.4, -0.2) is 10.9 Å². The maximum Gasteiger partial charge on any atom is 0.0630 e. The van der Waals surface area contributed by atoms with Crippen molar-refractivity contribution in [2.24, 2.45) is 61.8 Å². The SMILES string of the molecule is CC(C)CCCC(C)C1CC[C@@]2(C)[C@@H]3CC[C@H]4C(C)(C)/C(=N/O)CC[C@@]45CC35CC[C@]12C. The number of oxime groups is 1. The van der Waals surface area contributed by atoms with Crippen molar-refractivity contribution in [1.82, 2.24) is 0 Å². The standard InChI is InChI=1S/C30H51NO/c1-20(2)9-8-10-21(3)22-13-15-28(7)24-12-11-23-26(4,5)25(31-32)14-16-29(23)19-30(24,29)18-17-27(22,28)6/h20-24,32H,8-19H2,1-7H3/b31-25+/t21?,22?,23-,24-,27+,28-,29+,30?/m0/s1. The van der Waals surface area contributed by atoms with E-state index in [-0.39, 0.29) is 5.41 Å². The summed E-state index contributed by atoms with van der Waals surface area (Å²) in [4.78, 5) is 0. The largest absolute Gasteiger partial charge is 0.411 e. The predicted molar refractivity (Wildman–Crippen MR) is 134 cm³/mol. The van der Waals surface area contributed by atoms with Crippen molar-refractivity contribution in [3.8, 4) is 0 Å². The second-order valence-corrected chi connectivity index (χ2v) is 14.7. The zero-order valence-electron chi connectivity index (χ0n) is 22.3. The maximum absolute atomic E-state index is 9.70.